The number of anilines is 2. The second-order valence-electron chi connectivity index (χ2n) is 4.82. The van der Waals surface area contributed by atoms with Crippen LogP contribution in [0.1, 0.15) is 26.7 Å². The van der Waals surface area contributed by atoms with E-state index < -0.39 is 0 Å². The molecule has 0 radical (unpaired) electrons. The fourth-order valence-electron chi connectivity index (χ4n) is 2.10. The molecule has 1 aliphatic heterocycles. The average Bonchev–Trinajstić information content (AvgIpc) is 2.79. The second kappa shape index (κ2) is 6.53. The van der Waals surface area contributed by atoms with Gasteiger partial charge in [0.25, 0.3) is 0 Å². The molecule has 3 nitrogen and oxygen atoms in total. The molecule has 1 saturated heterocycles. The molecule has 5 heteroatoms. The van der Waals surface area contributed by atoms with E-state index in [1.165, 1.54) is 0 Å². The topological polar surface area (TPSA) is 41.1 Å². The van der Waals surface area contributed by atoms with E-state index >= 15 is 0 Å². The number of thioether (sulfide) groups is 1. The second-order valence-corrected chi connectivity index (χ2v) is 6.70. The van der Waals surface area contributed by atoms with Crippen molar-refractivity contribution in [3.63, 3.8) is 0 Å². The van der Waals surface area contributed by atoms with Gasteiger partial charge >= 0.3 is 0 Å². The molecule has 0 aromatic heterocycles. The zero-order valence-corrected chi connectivity index (χ0v) is 12.8. The van der Waals surface area contributed by atoms with Crippen LogP contribution in [0.5, 0.6) is 0 Å². The summed E-state index contributed by atoms with van der Waals surface area (Å²) in [7, 11) is 0. The molecule has 1 aliphatic rings. The highest BCUT2D eigenvalue weighted by atomic mass is 35.5. The summed E-state index contributed by atoms with van der Waals surface area (Å²) < 4.78 is 0. The van der Waals surface area contributed by atoms with Crippen molar-refractivity contribution in [3.8, 4) is 0 Å². The van der Waals surface area contributed by atoms with E-state index in [9.17, 15) is 4.79 Å². The lowest BCUT2D eigenvalue weighted by molar-refractivity contribution is -0.115. The first kappa shape index (κ1) is 14.5. The third-order valence-corrected chi connectivity index (χ3v) is 4.82. The first-order valence-electron chi connectivity index (χ1n) is 6.56. The highest BCUT2D eigenvalue weighted by molar-refractivity contribution is 8.00. The van der Waals surface area contributed by atoms with Gasteiger partial charge in [-0.1, -0.05) is 25.4 Å². The largest absolute Gasteiger partial charge is 0.380 e. The number of hydrogen-bond acceptors (Lipinski definition) is 3. The lowest BCUT2D eigenvalue weighted by atomic mass is 10.2. The molecule has 0 spiro atoms. The van der Waals surface area contributed by atoms with E-state index in [2.05, 4.69) is 17.6 Å². The maximum atomic E-state index is 11.4. The van der Waals surface area contributed by atoms with Crippen LogP contribution < -0.4 is 10.6 Å². The predicted molar refractivity (Wildman–Crippen MR) is 84.3 cm³/mol. The maximum absolute atomic E-state index is 11.4. The van der Waals surface area contributed by atoms with Gasteiger partial charge in [0.15, 0.2) is 0 Å². The summed E-state index contributed by atoms with van der Waals surface area (Å²) >= 11 is 8.17. The summed E-state index contributed by atoms with van der Waals surface area (Å²) in [6, 6.07) is 6.01. The lowest BCUT2D eigenvalue weighted by Gasteiger charge is -2.16. The first-order valence-corrected chi connectivity index (χ1v) is 7.98. The molecule has 1 fully saturated rings. The third kappa shape index (κ3) is 4.05. The van der Waals surface area contributed by atoms with Crippen molar-refractivity contribution in [1.82, 2.24) is 0 Å². The zero-order valence-electron chi connectivity index (χ0n) is 11.2. The smallest absolute Gasteiger partial charge is 0.224 e. The van der Waals surface area contributed by atoms with Crippen LogP contribution in [0.25, 0.3) is 0 Å². The number of benzene rings is 1. The van der Waals surface area contributed by atoms with Crippen molar-refractivity contribution in [3.05, 3.63) is 23.2 Å². The van der Waals surface area contributed by atoms with Crippen LogP contribution in [0, 0.1) is 0 Å². The van der Waals surface area contributed by atoms with Gasteiger partial charge in [0.05, 0.1) is 10.7 Å². The molecule has 2 N–H and O–H groups in total. The summed E-state index contributed by atoms with van der Waals surface area (Å²) in [6.45, 7) is 4.08. The molecule has 1 amide bonds. The molecular weight excluding hydrogens is 280 g/mol. The van der Waals surface area contributed by atoms with Gasteiger partial charge in [-0.05, 0) is 24.6 Å². The number of carbonyl (C=O) groups excluding carboxylic acids is 1. The Bertz CT molecular complexity index is 467. The first-order chi connectivity index (χ1) is 9.08. The molecule has 0 bridgehead atoms. The van der Waals surface area contributed by atoms with E-state index in [4.69, 9.17) is 11.6 Å². The molecule has 1 aromatic rings. The monoisotopic (exact) mass is 298 g/mol. The van der Waals surface area contributed by atoms with Crippen LogP contribution in [-0.2, 0) is 4.79 Å². The number of carbonyl (C=O) groups is 1. The van der Waals surface area contributed by atoms with Crippen LogP contribution >= 0.6 is 23.4 Å². The van der Waals surface area contributed by atoms with Crippen molar-refractivity contribution in [2.24, 2.45) is 0 Å². The van der Waals surface area contributed by atoms with Crippen molar-refractivity contribution < 1.29 is 4.79 Å². The van der Waals surface area contributed by atoms with Crippen molar-refractivity contribution >= 4 is 40.6 Å². The summed E-state index contributed by atoms with van der Waals surface area (Å²) in [6.07, 6.45) is 1.62. The van der Waals surface area contributed by atoms with Crippen LogP contribution in [0.15, 0.2) is 18.2 Å². The van der Waals surface area contributed by atoms with Gasteiger partial charge in [0.2, 0.25) is 5.91 Å². The number of hydrogen-bond donors (Lipinski definition) is 2. The SMILES string of the molecule is CCC(=O)Nc1ccc(Cl)c(NC2CSC(C)C2)c1. The molecule has 2 rings (SSSR count). The fraction of sp³-hybridized carbons (Fsp3) is 0.500. The molecule has 1 aromatic carbocycles. The number of halogens is 1. The van der Waals surface area contributed by atoms with Gasteiger partial charge < -0.3 is 10.6 Å². The summed E-state index contributed by atoms with van der Waals surface area (Å²) in [5.41, 5.74) is 1.69. The van der Waals surface area contributed by atoms with Gasteiger partial charge in [0, 0.05) is 29.2 Å². The van der Waals surface area contributed by atoms with E-state index in [1.54, 1.807) is 0 Å². The van der Waals surface area contributed by atoms with E-state index in [1.807, 2.05) is 36.9 Å². The standard InChI is InChI=1S/C14H19ClN2OS/c1-3-14(18)17-10-4-5-12(15)13(7-10)16-11-6-9(2)19-8-11/h4-5,7,9,11,16H,3,6,8H2,1-2H3,(H,17,18). The van der Waals surface area contributed by atoms with E-state index in [0.29, 0.717) is 22.7 Å². The Labute approximate surface area is 123 Å². The Morgan fingerprint density at radius 1 is 1.53 bits per heavy atom. The van der Waals surface area contributed by atoms with Crippen LogP contribution in [0.4, 0.5) is 11.4 Å². The van der Waals surface area contributed by atoms with Crippen molar-refractivity contribution in [2.45, 2.75) is 38.0 Å². The quantitative estimate of drug-likeness (QED) is 0.883. The van der Waals surface area contributed by atoms with Crippen LogP contribution in [0.3, 0.4) is 0 Å². The lowest BCUT2D eigenvalue weighted by Crippen LogP contribution is -2.19. The number of amides is 1. The normalized spacial score (nSPS) is 22.3. The molecule has 0 saturated carbocycles. The highest BCUT2D eigenvalue weighted by Gasteiger charge is 2.22. The number of rotatable bonds is 4. The van der Waals surface area contributed by atoms with E-state index in [0.717, 1.165) is 23.5 Å². The van der Waals surface area contributed by atoms with Crippen LogP contribution in [0.2, 0.25) is 5.02 Å². The van der Waals surface area contributed by atoms with Crippen molar-refractivity contribution in [1.29, 1.82) is 0 Å². The van der Waals surface area contributed by atoms with Crippen molar-refractivity contribution in [2.75, 3.05) is 16.4 Å². The predicted octanol–water partition coefficient (Wildman–Crippen LogP) is 3.99. The minimum absolute atomic E-state index is 0.0123. The van der Waals surface area contributed by atoms with Crippen LogP contribution in [-0.4, -0.2) is 23.0 Å². The number of nitrogens with one attached hydrogen (secondary N) is 2. The Morgan fingerprint density at radius 3 is 2.95 bits per heavy atom. The molecular formula is C14H19ClN2OS. The molecule has 0 aliphatic carbocycles. The Kier molecular flexibility index (Phi) is 4.99. The minimum atomic E-state index is 0.0123. The third-order valence-electron chi connectivity index (χ3n) is 3.13. The van der Waals surface area contributed by atoms with Gasteiger partial charge in [-0.3, -0.25) is 4.79 Å². The van der Waals surface area contributed by atoms with Gasteiger partial charge in [-0.2, -0.15) is 11.8 Å². The molecule has 2 unspecified atom stereocenters. The minimum Gasteiger partial charge on any atom is -0.380 e. The molecule has 2 atom stereocenters. The fourth-order valence-corrected chi connectivity index (χ4v) is 3.42. The Morgan fingerprint density at radius 2 is 2.32 bits per heavy atom. The highest BCUT2D eigenvalue weighted by Crippen LogP contribution is 2.32. The maximum Gasteiger partial charge on any atom is 0.224 e. The van der Waals surface area contributed by atoms with Gasteiger partial charge in [-0.25, -0.2) is 0 Å². The summed E-state index contributed by atoms with van der Waals surface area (Å²) in [4.78, 5) is 11.4. The van der Waals surface area contributed by atoms with E-state index in [-0.39, 0.29) is 5.91 Å². The van der Waals surface area contributed by atoms with Gasteiger partial charge in [0.1, 0.15) is 0 Å². The Balaban J connectivity index is 2.06. The molecule has 1 heterocycles. The zero-order chi connectivity index (χ0) is 13.8. The summed E-state index contributed by atoms with van der Waals surface area (Å²) in [5.74, 6) is 1.11. The summed E-state index contributed by atoms with van der Waals surface area (Å²) in [5, 5.41) is 7.70. The molecule has 19 heavy (non-hydrogen) atoms. The molecule has 104 valence electrons. The average molecular weight is 299 g/mol. The van der Waals surface area contributed by atoms with Gasteiger partial charge in [-0.15, -0.1) is 0 Å². The Hall–Kier alpha value is -0.870.